The van der Waals surface area contributed by atoms with Gasteiger partial charge in [0, 0.05) is 42.1 Å². The van der Waals surface area contributed by atoms with Crippen LogP contribution >= 0.6 is 22.9 Å². The molecule has 0 radical (unpaired) electrons. The molecule has 1 aliphatic heterocycles. The Hall–Kier alpha value is -3.69. The summed E-state index contributed by atoms with van der Waals surface area (Å²) in [4.78, 5) is 49.1. The number of benzene rings is 2. The van der Waals surface area contributed by atoms with Gasteiger partial charge in [0.2, 0.25) is 5.91 Å². The van der Waals surface area contributed by atoms with Crippen LogP contribution in [0.15, 0.2) is 53.6 Å². The van der Waals surface area contributed by atoms with Gasteiger partial charge in [0.15, 0.2) is 0 Å². The highest BCUT2D eigenvalue weighted by molar-refractivity contribution is 7.20. The molecule has 2 amide bonds. The van der Waals surface area contributed by atoms with Crippen LogP contribution in [0.1, 0.15) is 33.3 Å². The number of carbonyl (C=O) groups excluding carboxylic acids is 2. The Bertz CT molecular complexity index is 1630. The highest BCUT2D eigenvalue weighted by Gasteiger charge is 2.30. The lowest BCUT2D eigenvalue weighted by Gasteiger charge is -2.41. The Balaban J connectivity index is 1.32. The van der Waals surface area contributed by atoms with Crippen LogP contribution in [-0.2, 0) is 11.3 Å². The largest absolute Gasteiger partial charge is 0.365 e. The second-order valence-electron chi connectivity index (χ2n) is 10.1. The van der Waals surface area contributed by atoms with E-state index in [1.54, 1.807) is 19.1 Å². The third-order valence-electron chi connectivity index (χ3n) is 7.16. The SMILES string of the molecule is Cc1ccc(N2CCN(C(=O)c3sc4ncn(CC(=O)Nc5ccc(C)c(Cl)c5)c(=O)c4c3C)C[C@@H]2C)cc1. The zero-order chi connectivity index (χ0) is 27.8. The summed E-state index contributed by atoms with van der Waals surface area (Å²) < 4.78 is 1.27. The fraction of sp³-hybridized carbons (Fsp3) is 0.310. The van der Waals surface area contributed by atoms with Crippen molar-refractivity contribution in [2.75, 3.05) is 29.9 Å². The predicted octanol–water partition coefficient (Wildman–Crippen LogP) is 5.03. The first kappa shape index (κ1) is 26.9. The first-order chi connectivity index (χ1) is 18.6. The predicted molar refractivity (Wildman–Crippen MR) is 157 cm³/mol. The molecule has 1 fully saturated rings. The number of anilines is 2. The van der Waals surface area contributed by atoms with Gasteiger partial charge in [-0.05, 0) is 63.1 Å². The Morgan fingerprint density at radius 1 is 1.10 bits per heavy atom. The molecular formula is C29H30ClN5O3S. The van der Waals surface area contributed by atoms with E-state index in [2.05, 4.69) is 53.3 Å². The number of nitrogens with zero attached hydrogens (tertiary/aromatic N) is 4. The van der Waals surface area contributed by atoms with E-state index in [0.717, 1.165) is 17.8 Å². The van der Waals surface area contributed by atoms with E-state index in [-0.39, 0.29) is 30.0 Å². The third-order valence-corrected chi connectivity index (χ3v) is 8.76. The summed E-state index contributed by atoms with van der Waals surface area (Å²) in [6, 6.07) is 13.8. The molecule has 5 rings (SSSR count). The lowest BCUT2D eigenvalue weighted by atomic mass is 10.1. The van der Waals surface area contributed by atoms with Crippen molar-refractivity contribution in [1.29, 1.82) is 0 Å². The zero-order valence-electron chi connectivity index (χ0n) is 22.3. The first-order valence-corrected chi connectivity index (χ1v) is 14.0. The lowest BCUT2D eigenvalue weighted by molar-refractivity contribution is -0.116. The highest BCUT2D eigenvalue weighted by Crippen LogP contribution is 2.29. The number of hydrogen-bond acceptors (Lipinski definition) is 6. The Morgan fingerprint density at radius 3 is 2.54 bits per heavy atom. The minimum Gasteiger partial charge on any atom is -0.365 e. The zero-order valence-corrected chi connectivity index (χ0v) is 23.9. The Kier molecular flexibility index (Phi) is 7.46. The summed E-state index contributed by atoms with van der Waals surface area (Å²) in [5.41, 5.74) is 4.08. The van der Waals surface area contributed by atoms with Crippen LogP contribution in [0.3, 0.4) is 0 Å². The van der Waals surface area contributed by atoms with E-state index >= 15 is 0 Å². The first-order valence-electron chi connectivity index (χ1n) is 12.8. The maximum absolute atomic E-state index is 13.6. The molecule has 39 heavy (non-hydrogen) atoms. The standard InChI is InChI=1S/C29H30ClN5O3S/c1-17-5-9-22(10-6-17)35-12-11-33(14-19(35)3)29(38)26-20(4)25-27(39-26)31-16-34(28(25)37)15-24(36)32-21-8-7-18(2)23(30)13-21/h5-10,13,16,19H,11-12,14-15H2,1-4H3,(H,32,36)/t19-/m0/s1. The van der Waals surface area contributed by atoms with Gasteiger partial charge in [-0.15, -0.1) is 11.3 Å². The van der Waals surface area contributed by atoms with Crippen LogP contribution in [0.25, 0.3) is 10.2 Å². The minimum absolute atomic E-state index is 0.0918. The van der Waals surface area contributed by atoms with Gasteiger partial charge in [-0.2, -0.15) is 0 Å². The molecular weight excluding hydrogens is 534 g/mol. The molecule has 0 bridgehead atoms. The number of carbonyl (C=O) groups is 2. The lowest BCUT2D eigenvalue weighted by Crippen LogP contribution is -2.53. The molecule has 3 heterocycles. The van der Waals surface area contributed by atoms with Crippen molar-refractivity contribution in [2.45, 2.75) is 40.3 Å². The molecule has 0 unspecified atom stereocenters. The number of thiophene rings is 1. The van der Waals surface area contributed by atoms with Crippen molar-refractivity contribution in [2.24, 2.45) is 0 Å². The second-order valence-corrected chi connectivity index (χ2v) is 11.5. The van der Waals surface area contributed by atoms with Crippen molar-refractivity contribution in [3.63, 3.8) is 0 Å². The van der Waals surface area contributed by atoms with E-state index in [1.807, 2.05) is 17.9 Å². The number of aromatic nitrogens is 2. The van der Waals surface area contributed by atoms with E-state index in [9.17, 15) is 14.4 Å². The Labute approximate surface area is 235 Å². The van der Waals surface area contributed by atoms with Gasteiger partial charge >= 0.3 is 0 Å². The van der Waals surface area contributed by atoms with Crippen LogP contribution in [0.2, 0.25) is 5.02 Å². The second kappa shape index (κ2) is 10.8. The molecule has 10 heteroatoms. The average molecular weight is 564 g/mol. The highest BCUT2D eigenvalue weighted by atomic mass is 35.5. The molecule has 0 spiro atoms. The number of aryl methyl sites for hydroxylation is 3. The van der Waals surface area contributed by atoms with Gasteiger partial charge < -0.3 is 15.1 Å². The van der Waals surface area contributed by atoms with Gasteiger partial charge in [0.05, 0.1) is 16.6 Å². The number of nitrogens with one attached hydrogen (secondary N) is 1. The number of rotatable bonds is 5. The molecule has 0 saturated carbocycles. The summed E-state index contributed by atoms with van der Waals surface area (Å²) in [7, 11) is 0. The van der Waals surface area contributed by atoms with Gasteiger partial charge in [0.1, 0.15) is 11.4 Å². The third kappa shape index (κ3) is 5.42. The summed E-state index contributed by atoms with van der Waals surface area (Å²) in [6.45, 7) is 9.54. The number of amides is 2. The van der Waals surface area contributed by atoms with Crippen LogP contribution < -0.4 is 15.8 Å². The molecule has 1 aliphatic rings. The summed E-state index contributed by atoms with van der Waals surface area (Å²) in [5, 5.41) is 3.69. The van der Waals surface area contributed by atoms with E-state index in [1.165, 1.54) is 27.8 Å². The van der Waals surface area contributed by atoms with E-state index in [4.69, 9.17) is 11.6 Å². The van der Waals surface area contributed by atoms with Gasteiger partial charge in [-0.3, -0.25) is 19.0 Å². The van der Waals surface area contributed by atoms with E-state index < -0.39 is 0 Å². The summed E-state index contributed by atoms with van der Waals surface area (Å²) in [6.07, 6.45) is 1.36. The summed E-state index contributed by atoms with van der Waals surface area (Å²) >= 11 is 7.38. The van der Waals surface area contributed by atoms with Gasteiger partial charge in [-0.25, -0.2) is 4.98 Å². The van der Waals surface area contributed by atoms with Crippen molar-refractivity contribution in [3.8, 4) is 0 Å². The molecule has 8 nitrogen and oxygen atoms in total. The Morgan fingerprint density at radius 2 is 1.85 bits per heavy atom. The van der Waals surface area contributed by atoms with Crippen LogP contribution in [0.4, 0.5) is 11.4 Å². The van der Waals surface area contributed by atoms with Crippen molar-refractivity contribution in [1.82, 2.24) is 14.5 Å². The fourth-order valence-electron chi connectivity index (χ4n) is 4.91. The number of piperazine rings is 1. The van der Waals surface area contributed by atoms with Crippen molar-refractivity contribution in [3.05, 3.63) is 85.7 Å². The number of halogens is 1. The van der Waals surface area contributed by atoms with Gasteiger partial charge in [-0.1, -0.05) is 35.4 Å². The quantitative estimate of drug-likeness (QED) is 0.368. The number of fused-ring (bicyclic) bond motifs is 1. The molecule has 1 saturated heterocycles. The monoisotopic (exact) mass is 563 g/mol. The average Bonchev–Trinajstić information content (AvgIpc) is 3.25. The maximum Gasteiger partial charge on any atom is 0.264 e. The van der Waals surface area contributed by atoms with Crippen LogP contribution in [0, 0.1) is 20.8 Å². The molecule has 1 atom stereocenters. The molecule has 0 aliphatic carbocycles. The fourth-order valence-corrected chi connectivity index (χ4v) is 6.19. The van der Waals surface area contributed by atoms with E-state index in [0.29, 0.717) is 44.5 Å². The topological polar surface area (TPSA) is 87.5 Å². The van der Waals surface area contributed by atoms with Crippen molar-refractivity contribution >= 4 is 56.3 Å². The van der Waals surface area contributed by atoms with Crippen LogP contribution in [0.5, 0.6) is 0 Å². The maximum atomic E-state index is 13.6. The smallest absolute Gasteiger partial charge is 0.264 e. The molecule has 4 aromatic rings. The van der Waals surface area contributed by atoms with Crippen molar-refractivity contribution < 1.29 is 9.59 Å². The molecule has 202 valence electrons. The summed E-state index contributed by atoms with van der Waals surface area (Å²) in [5.74, 6) is -0.464. The molecule has 2 aromatic heterocycles. The van der Waals surface area contributed by atoms with Crippen LogP contribution in [-0.4, -0.2) is 51.9 Å². The van der Waals surface area contributed by atoms with Gasteiger partial charge in [0.25, 0.3) is 11.5 Å². The number of hydrogen-bond donors (Lipinski definition) is 1. The normalized spacial score (nSPS) is 15.6. The molecule has 1 N–H and O–H groups in total. The molecule has 2 aromatic carbocycles. The minimum atomic E-state index is -0.372.